The number of amides is 1. The van der Waals surface area contributed by atoms with E-state index in [1.165, 1.54) is 24.3 Å². The van der Waals surface area contributed by atoms with E-state index in [9.17, 15) is 29.6 Å². The summed E-state index contributed by atoms with van der Waals surface area (Å²) in [5, 5.41) is 22.6. The second-order valence-corrected chi connectivity index (χ2v) is 6.49. The molecule has 1 aromatic heterocycles. The van der Waals surface area contributed by atoms with Crippen LogP contribution in [0.15, 0.2) is 71.5 Å². The van der Waals surface area contributed by atoms with Crippen LogP contribution < -0.4 is 10.9 Å². The zero-order chi connectivity index (χ0) is 21.7. The molecule has 0 aliphatic rings. The van der Waals surface area contributed by atoms with Crippen LogP contribution in [0.1, 0.15) is 33.2 Å². The van der Waals surface area contributed by atoms with Crippen LogP contribution in [-0.2, 0) is 11.2 Å². The molecule has 0 unspecified atom stereocenters. The first-order valence-electron chi connectivity index (χ1n) is 8.89. The van der Waals surface area contributed by atoms with Crippen molar-refractivity contribution in [2.45, 2.75) is 12.5 Å². The van der Waals surface area contributed by atoms with Gasteiger partial charge in [0.15, 0.2) is 6.04 Å². The number of aliphatic carboxylic acids is 1. The monoisotopic (exact) mass is 407 g/mol. The number of H-pyrrole nitrogens is 1. The molecule has 0 radical (unpaired) electrons. The number of pyridine rings is 1. The predicted molar refractivity (Wildman–Crippen MR) is 107 cm³/mol. The number of benzene rings is 2. The third kappa shape index (κ3) is 4.76. The maximum Gasteiger partial charge on any atom is 0.330 e. The molecule has 0 saturated heterocycles. The second kappa shape index (κ2) is 8.82. The Hall–Kier alpha value is -4.27. The Kier molecular flexibility index (Phi) is 6.02. The number of nitro groups is 1. The summed E-state index contributed by atoms with van der Waals surface area (Å²) >= 11 is 0. The van der Waals surface area contributed by atoms with Crippen LogP contribution in [-0.4, -0.2) is 26.9 Å². The molecular formula is C21H17N3O6. The van der Waals surface area contributed by atoms with E-state index >= 15 is 0 Å². The molecule has 1 amide bonds. The van der Waals surface area contributed by atoms with Gasteiger partial charge >= 0.3 is 5.97 Å². The van der Waals surface area contributed by atoms with Crippen molar-refractivity contribution in [1.29, 1.82) is 0 Å². The van der Waals surface area contributed by atoms with Gasteiger partial charge in [-0.2, -0.15) is 0 Å². The number of carboxylic acids is 1. The highest BCUT2D eigenvalue weighted by molar-refractivity contribution is 5.96. The highest BCUT2D eigenvalue weighted by atomic mass is 16.6. The van der Waals surface area contributed by atoms with Crippen molar-refractivity contribution < 1.29 is 19.6 Å². The van der Waals surface area contributed by atoms with Crippen molar-refractivity contribution in [3.63, 3.8) is 0 Å². The lowest BCUT2D eigenvalue weighted by molar-refractivity contribution is -0.384. The van der Waals surface area contributed by atoms with E-state index in [1.54, 1.807) is 6.07 Å². The normalized spacial score (nSPS) is 11.5. The van der Waals surface area contributed by atoms with Crippen LogP contribution in [0.5, 0.6) is 0 Å². The molecule has 0 bridgehead atoms. The van der Waals surface area contributed by atoms with Gasteiger partial charge in [0.25, 0.3) is 17.2 Å². The van der Waals surface area contributed by atoms with Crippen molar-refractivity contribution in [1.82, 2.24) is 10.3 Å². The molecule has 152 valence electrons. The minimum atomic E-state index is -1.55. The van der Waals surface area contributed by atoms with E-state index in [0.29, 0.717) is 12.1 Å². The number of aromatic nitrogens is 1. The molecule has 30 heavy (non-hydrogen) atoms. The van der Waals surface area contributed by atoms with E-state index in [1.807, 2.05) is 30.3 Å². The maximum absolute atomic E-state index is 12.5. The number of carbonyl (C=O) groups excluding carboxylic acids is 1. The van der Waals surface area contributed by atoms with Crippen LogP contribution in [0, 0.1) is 10.1 Å². The van der Waals surface area contributed by atoms with Gasteiger partial charge in [-0.05, 0) is 23.3 Å². The number of hydrogen-bond donors (Lipinski definition) is 3. The number of carboxylic acid groups (broad SMARTS) is 1. The lowest BCUT2D eigenvalue weighted by Gasteiger charge is -2.15. The van der Waals surface area contributed by atoms with Crippen LogP contribution in [0.25, 0.3) is 0 Å². The minimum Gasteiger partial charge on any atom is -0.479 e. The lowest BCUT2D eigenvalue weighted by atomic mass is 10.1. The zero-order valence-electron chi connectivity index (χ0n) is 15.6. The van der Waals surface area contributed by atoms with Gasteiger partial charge in [-0.3, -0.25) is 19.7 Å². The summed E-state index contributed by atoms with van der Waals surface area (Å²) in [5.41, 5.74) is 0.351. The largest absolute Gasteiger partial charge is 0.479 e. The first-order chi connectivity index (χ1) is 14.3. The Bertz CT molecular complexity index is 1160. The number of nitro benzene ring substituents is 1. The van der Waals surface area contributed by atoms with Crippen molar-refractivity contribution in [3.05, 3.63) is 110 Å². The molecule has 0 aliphatic carbocycles. The van der Waals surface area contributed by atoms with Crippen molar-refractivity contribution in [2.24, 2.45) is 0 Å². The van der Waals surface area contributed by atoms with Crippen LogP contribution in [0.4, 0.5) is 5.69 Å². The third-order valence-electron chi connectivity index (χ3n) is 4.39. The fourth-order valence-corrected chi connectivity index (χ4v) is 2.93. The van der Waals surface area contributed by atoms with Gasteiger partial charge in [0.1, 0.15) is 5.56 Å². The molecule has 3 rings (SSSR count). The first kappa shape index (κ1) is 20.5. The van der Waals surface area contributed by atoms with Crippen molar-refractivity contribution >= 4 is 17.6 Å². The topological polar surface area (TPSA) is 142 Å². The lowest BCUT2D eigenvalue weighted by Crippen LogP contribution is -2.36. The third-order valence-corrected chi connectivity index (χ3v) is 4.39. The maximum atomic E-state index is 12.5. The van der Waals surface area contributed by atoms with Crippen molar-refractivity contribution in [3.8, 4) is 0 Å². The summed E-state index contributed by atoms with van der Waals surface area (Å²) in [6.45, 7) is 0. The summed E-state index contributed by atoms with van der Waals surface area (Å²) in [4.78, 5) is 49.4. The molecule has 1 atom stereocenters. The molecule has 2 aromatic carbocycles. The molecule has 0 aliphatic heterocycles. The van der Waals surface area contributed by atoms with Crippen LogP contribution in [0.2, 0.25) is 0 Å². The molecule has 9 heteroatoms. The number of nitrogens with zero attached hydrogens (tertiary/aromatic N) is 1. The van der Waals surface area contributed by atoms with Gasteiger partial charge in [-0.1, -0.05) is 42.5 Å². The van der Waals surface area contributed by atoms with Gasteiger partial charge in [0, 0.05) is 24.2 Å². The van der Waals surface area contributed by atoms with Crippen LogP contribution in [0.3, 0.4) is 0 Å². The quantitative estimate of drug-likeness (QED) is 0.405. The van der Waals surface area contributed by atoms with E-state index in [2.05, 4.69) is 10.3 Å². The second-order valence-electron chi connectivity index (χ2n) is 6.49. The standard InChI is InChI=1S/C21H17N3O6/c25-19-17(10-9-15(22-19)11-13-5-2-1-3-6-13)20(26)23-18(21(27)28)14-7-4-8-16(12-14)24(29)30/h1-10,12,18H,11H2,(H,22,25)(H,23,26)(H,27,28)/t18-/m0/s1. The Morgan fingerprint density at radius 2 is 1.80 bits per heavy atom. The fourth-order valence-electron chi connectivity index (χ4n) is 2.93. The summed E-state index contributed by atoms with van der Waals surface area (Å²) in [7, 11) is 0. The Morgan fingerprint density at radius 1 is 1.07 bits per heavy atom. The average Bonchev–Trinajstić information content (AvgIpc) is 2.72. The molecule has 3 N–H and O–H groups in total. The number of hydrogen-bond acceptors (Lipinski definition) is 5. The molecule has 9 nitrogen and oxygen atoms in total. The average molecular weight is 407 g/mol. The molecule has 0 spiro atoms. The van der Waals surface area contributed by atoms with Crippen LogP contribution >= 0.6 is 0 Å². The SMILES string of the molecule is O=C(N[C@H](C(=O)O)c1cccc([N+](=O)[O-])c1)c1ccc(Cc2ccccc2)[nH]c1=O. The summed E-state index contributed by atoms with van der Waals surface area (Å²) in [5.74, 6) is -2.32. The summed E-state index contributed by atoms with van der Waals surface area (Å²) in [6, 6.07) is 15.7. The van der Waals surface area contributed by atoms with Gasteiger partial charge in [0.2, 0.25) is 0 Å². The zero-order valence-corrected chi connectivity index (χ0v) is 15.6. The smallest absolute Gasteiger partial charge is 0.330 e. The highest BCUT2D eigenvalue weighted by Crippen LogP contribution is 2.20. The van der Waals surface area contributed by atoms with E-state index in [0.717, 1.165) is 11.6 Å². The Labute approximate surface area is 170 Å². The summed E-state index contributed by atoms with van der Waals surface area (Å²) in [6.07, 6.45) is 0.462. The van der Waals surface area contributed by atoms with E-state index < -0.39 is 28.4 Å². The first-order valence-corrected chi connectivity index (χ1v) is 8.89. The minimum absolute atomic E-state index is 0.0159. The van der Waals surface area contributed by atoms with E-state index in [-0.39, 0.29) is 16.8 Å². The van der Waals surface area contributed by atoms with Gasteiger partial charge in [-0.25, -0.2) is 4.79 Å². The highest BCUT2D eigenvalue weighted by Gasteiger charge is 2.25. The van der Waals surface area contributed by atoms with Crippen molar-refractivity contribution in [2.75, 3.05) is 0 Å². The number of non-ortho nitro benzene ring substituents is 1. The number of aromatic amines is 1. The summed E-state index contributed by atoms with van der Waals surface area (Å²) < 4.78 is 0. The molecule has 3 aromatic rings. The fraction of sp³-hybridized carbons (Fsp3) is 0.0952. The van der Waals surface area contributed by atoms with Gasteiger partial charge < -0.3 is 15.4 Å². The number of rotatable bonds is 7. The van der Waals surface area contributed by atoms with Gasteiger partial charge in [-0.15, -0.1) is 0 Å². The molecule has 0 saturated carbocycles. The number of nitrogens with one attached hydrogen (secondary N) is 2. The van der Waals surface area contributed by atoms with E-state index in [4.69, 9.17) is 0 Å². The van der Waals surface area contributed by atoms with Gasteiger partial charge in [0.05, 0.1) is 4.92 Å². The molecular weight excluding hydrogens is 390 g/mol. The molecule has 0 fully saturated rings. The Morgan fingerprint density at radius 3 is 2.43 bits per heavy atom. The number of carbonyl (C=O) groups is 2. The predicted octanol–water partition coefficient (Wildman–Crippen LogP) is 2.43. The Balaban J connectivity index is 1.81. The molecule has 1 heterocycles.